The van der Waals surface area contributed by atoms with Gasteiger partial charge in [0.15, 0.2) is 5.82 Å². The van der Waals surface area contributed by atoms with Gasteiger partial charge in [0.2, 0.25) is 5.91 Å². The van der Waals surface area contributed by atoms with E-state index in [1.807, 2.05) is 19.1 Å². The van der Waals surface area contributed by atoms with Crippen molar-refractivity contribution in [1.82, 2.24) is 9.97 Å². The van der Waals surface area contributed by atoms with Gasteiger partial charge >= 0.3 is 0 Å². The molecule has 0 atom stereocenters. The first kappa shape index (κ1) is 13.5. The Balaban J connectivity index is 2.09. The SMILES string of the molecule is COc1ccc2c(c1)CCc1nc(NC(C)=O)c(C)nc1-2. The molecule has 0 aliphatic heterocycles. The van der Waals surface area contributed by atoms with Gasteiger partial charge < -0.3 is 10.1 Å². The number of aryl methyl sites for hydroxylation is 3. The number of aromatic nitrogens is 2. The Morgan fingerprint density at radius 3 is 2.81 bits per heavy atom. The van der Waals surface area contributed by atoms with Crippen molar-refractivity contribution in [2.45, 2.75) is 26.7 Å². The summed E-state index contributed by atoms with van der Waals surface area (Å²) in [5.41, 5.74) is 4.89. The Kier molecular flexibility index (Phi) is 3.33. The topological polar surface area (TPSA) is 64.1 Å². The number of benzene rings is 1. The molecule has 21 heavy (non-hydrogen) atoms. The predicted octanol–water partition coefficient (Wildman–Crippen LogP) is 2.52. The second kappa shape index (κ2) is 5.16. The molecule has 5 nitrogen and oxygen atoms in total. The number of carbonyl (C=O) groups excluding carboxylic acids is 1. The summed E-state index contributed by atoms with van der Waals surface area (Å²) in [4.78, 5) is 20.4. The van der Waals surface area contributed by atoms with E-state index in [0.717, 1.165) is 41.2 Å². The normalized spacial score (nSPS) is 12.3. The number of methoxy groups -OCH3 is 1. The Bertz CT molecular complexity index is 726. The van der Waals surface area contributed by atoms with Crippen LogP contribution in [0.5, 0.6) is 5.75 Å². The molecule has 1 N–H and O–H groups in total. The van der Waals surface area contributed by atoms with E-state index in [-0.39, 0.29) is 5.91 Å². The highest BCUT2D eigenvalue weighted by atomic mass is 16.5. The average Bonchev–Trinajstić information content (AvgIpc) is 2.47. The van der Waals surface area contributed by atoms with E-state index in [4.69, 9.17) is 4.74 Å². The number of amides is 1. The highest BCUT2D eigenvalue weighted by molar-refractivity contribution is 5.88. The van der Waals surface area contributed by atoms with E-state index < -0.39 is 0 Å². The van der Waals surface area contributed by atoms with E-state index in [1.165, 1.54) is 12.5 Å². The largest absolute Gasteiger partial charge is 0.497 e. The molecule has 0 saturated carbocycles. The lowest BCUT2D eigenvalue weighted by Crippen LogP contribution is -2.15. The van der Waals surface area contributed by atoms with Crippen molar-refractivity contribution in [2.75, 3.05) is 12.4 Å². The maximum Gasteiger partial charge on any atom is 0.222 e. The number of carbonyl (C=O) groups is 1. The minimum absolute atomic E-state index is 0.131. The monoisotopic (exact) mass is 283 g/mol. The second-order valence-corrected chi connectivity index (χ2v) is 5.16. The van der Waals surface area contributed by atoms with Crippen molar-refractivity contribution in [2.24, 2.45) is 0 Å². The number of hydrogen-bond donors (Lipinski definition) is 1. The number of ether oxygens (including phenoxy) is 1. The van der Waals surface area contributed by atoms with Crippen LogP contribution in [0, 0.1) is 6.92 Å². The molecule has 1 amide bonds. The standard InChI is InChI=1S/C16H17N3O2/c1-9-16(18-10(2)20)19-14-7-4-11-8-12(21-3)5-6-13(11)15(14)17-9/h5-6,8H,4,7H2,1-3H3,(H,18,19,20). The van der Waals surface area contributed by atoms with E-state index in [0.29, 0.717) is 5.82 Å². The Morgan fingerprint density at radius 2 is 2.10 bits per heavy atom. The minimum atomic E-state index is -0.131. The zero-order valence-corrected chi connectivity index (χ0v) is 12.4. The fraction of sp³-hybridized carbons (Fsp3) is 0.312. The van der Waals surface area contributed by atoms with Gasteiger partial charge in [0.25, 0.3) is 0 Å². The van der Waals surface area contributed by atoms with Crippen molar-refractivity contribution >= 4 is 11.7 Å². The van der Waals surface area contributed by atoms with Crippen LogP contribution in [-0.2, 0) is 17.6 Å². The van der Waals surface area contributed by atoms with Gasteiger partial charge in [0.05, 0.1) is 24.2 Å². The van der Waals surface area contributed by atoms with Gasteiger partial charge in [0.1, 0.15) is 5.75 Å². The van der Waals surface area contributed by atoms with Gasteiger partial charge in [-0.2, -0.15) is 0 Å². The van der Waals surface area contributed by atoms with Crippen LogP contribution in [0.2, 0.25) is 0 Å². The van der Waals surface area contributed by atoms with Crippen LogP contribution in [0.1, 0.15) is 23.9 Å². The van der Waals surface area contributed by atoms with Gasteiger partial charge in [0, 0.05) is 12.5 Å². The summed E-state index contributed by atoms with van der Waals surface area (Å²) < 4.78 is 5.27. The summed E-state index contributed by atoms with van der Waals surface area (Å²) in [7, 11) is 1.67. The van der Waals surface area contributed by atoms with Gasteiger partial charge in [-0.25, -0.2) is 9.97 Å². The van der Waals surface area contributed by atoms with Crippen molar-refractivity contribution in [3.8, 4) is 17.0 Å². The highest BCUT2D eigenvalue weighted by Crippen LogP contribution is 2.34. The lowest BCUT2D eigenvalue weighted by Gasteiger charge is -2.20. The Morgan fingerprint density at radius 1 is 1.29 bits per heavy atom. The molecule has 3 rings (SSSR count). The summed E-state index contributed by atoms with van der Waals surface area (Å²) in [6.07, 6.45) is 1.71. The quantitative estimate of drug-likeness (QED) is 0.919. The van der Waals surface area contributed by atoms with Crippen LogP contribution in [0.4, 0.5) is 5.82 Å². The minimum Gasteiger partial charge on any atom is -0.497 e. The molecule has 5 heteroatoms. The molecule has 108 valence electrons. The molecule has 0 bridgehead atoms. The molecule has 0 saturated heterocycles. The third-order valence-corrected chi connectivity index (χ3v) is 3.64. The second-order valence-electron chi connectivity index (χ2n) is 5.16. The molecule has 0 fully saturated rings. The number of nitrogens with one attached hydrogen (secondary N) is 1. The average molecular weight is 283 g/mol. The number of hydrogen-bond acceptors (Lipinski definition) is 4. The number of rotatable bonds is 2. The third-order valence-electron chi connectivity index (χ3n) is 3.64. The predicted molar refractivity (Wildman–Crippen MR) is 80.5 cm³/mol. The number of anilines is 1. The van der Waals surface area contributed by atoms with Crippen molar-refractivity contribution in [3.05, 3.63) is 35.2 Å². The first-order valence-electron chi connectivity index (χ1n) is 6.91. The fourth-order valence-electron chi connectivity index (χ4n) is 2.62. The van der Waals surface area contributed by atoms with Crippen molar-refractivity contribution in [3.63, 3.8) is 0 Å². The molecule has 1 aromatic carbocycles. The molecule has 1 heterocycles. The van der Waals surface area contributed by atoms with Crippen LogP contribution in [0.25, 0.3) is 11.3 Å². The molecule has 1 aliphatic rings. The maximum atomic E-state index is 11.2. The number of nitrogens with zero attached hydrogens (tertiary/aromatic N) is 2. The van der Waals surface area contributed by atoms with Gasteiger partial charge in [-0.3, -0.25) is 4.79 Å². The van der Waals surface area contributed by atoms with Gasteiger partial charge in [-0.15, -0.1) is 0 Å². The first-order chi connectivity index (χ1) is 10.1. The molecule has 1 aliphatic carbocycles. The smallest absolute Gasteiger partial charge is 0.222 e. The Hall–Kier alpha value is -2.43. The van der Waals surface area contributed by atoms with Gasteiger partial charge in [-0.05, 0) is 43.5 Å². The summed E-state index contributed by atoms with van der Waals surface area (Å²) >= 11 is 0. The van der Waals surface area contributed by atoms with E-state index in [1.54, 1.807) is 7.11 Å². The van der Waals surface area contributed by atoms with Crippen LogP contribution in [0.15, 0.2) is 18.2 Å². The number of fused-ring (bicyclic) bond motifs is 3. The fourth-order valence-corrected chi connectivity index (χ4v) is 2.62. The summed E-state index contributed by atoms with van der Waals surface area (Å²) in [6.45, 7) is 3.33. The van der Waals surface area contributed by atoms with Crippen LogP contribution in [-0.4, -0.2) is 23.0 Å². The zero-order valence-electron chi connectivity index (χ0n) is 12.4. The van der Waals surface area contributed by atoms with Crippen LogP contribution in [0.3, 0.4) is 0 Å². The van der Waals surface area contributed by atoms with E-state index in [9.17, 15) is 4.79 Å². The van der Waals surface area contributed by atoms with Gasteiger partial charge in [-0.1, -0.05) is 0 Å². The van der Waals surface area contributed by atoms with E-state index in [2.05, 4.69) is 21.4 Å². The molecule has 2 aromatic rings. The van der Waals surface area contributed by atoms with E-state index >= 15 is 0 Å². The van der Waals surface area contributed by atoms with Crippen LogP contribution >= 0.6 is 0 Å². The Labute approximate surface area is 123 Å². The molecule has 0 unspecified atom stereocenters. The lowest BCUT2D eigenvalue weighted by molar-refractivity contribution is -0.114. The zero-order chi connectivity index (χ0) is 15.0. The third kappa shape index (κ3) is 2.46. The molecular weight excluding hydrogens is 266 g/mol. The van der Waals surface area contributed by atoms with Crippen LogP contribution < -0.4 is 10.1 Å². The first-order valence-corrected chi connectivity index (χ1v) is 6.91. The molecule has 0 radical (unpaired) electrons. The highest BCUT2D eigenvalue weighted by Gasteiger charge is 2.21. The maximum absolute atomic E-state index is 11.2. The molecular formula is C16H17N3O2. The summed E-state index contributed by atoms with van der Waals surface area (Å²) in [5.74, 6) is 1.28. The molecule has 0 spiro atoms. The van der Waals surface area contributed by atoms with Crippen molar-refractivity contribution < 1.29 is 9.53 Å². The lowest BCUT2D eigenvalue weighted by atomic mass is 9.91. The summed E-state index contributed by atoms with van der Waals surface area (Å²) in [6, 6.07) is 6.02. The van der Waals surface area contributed by atoms with Crippen molar-refractivity contribution in [1.29, 1.82) is 0 Å². The summed E-state index contributed by atoms with van der Waals surface area (Å²) in [5, 5.41) is 2.73. The molecule has 1 aromatic heterocycles.